The monoisotopic (exact) mass is 218 g/mol. The van der Waals surface area contributed by atoms with Gasteiger partial charge in [-0.2, -0.15) is 0 Å². The Labute approximate surface area is 94.4 Å². The second-order valence-electron chi connectivity index (χ2n) is 3.92. The molecule has 84 valence electrons. The highest BCUT2D eigenvalue weighted by Crippen LogP contribution is 2.25. The van der Waals surface area contributed by atoms with Gasteiger partial charge in [0.05, 0.1) is 5.56 Å². The molecule has 0 fully saturated rings. The number of hydrogen-bond acceptors (Lipinski definition) is 3. The fourth-order valence-electron chi connectivity index (χ4n) is 1.69. The highest BCUT2D eigenvalue weighted by Gasteiger charge is 2.31. The number of carbonyl (C=O) groups is 1. The minimum Gasteiger partial charge on any atom is -0.429 e. The molecule has 1 atom stereocenters. The van der Waals surface area contributed by atoms with Crippen LogP contribution in [0.4, 0.5) is 0 Å². The Morgan fingerprint density at radius 3 is 2.62 bits per heavy atom. The van der Waals surface area contributed by atoms with Crippen LogP contribution in [0.5, 0.6) is 0 Å². The van der Waals surface area contributed by atoms with Gasteiger partial charge in [-0.15, -0.1) is 0 Å². The van der Waals surface area contributed by atoms with Crippen LogP contribution in [0.3, 0.4) is 0 Å². The first-order valence-electron chi connectivity index (χ1n) is 5.35. The first-order valence-corrected chi connectivity index (χ1v) is 5.35. The van der Waals surface area contributed by atoms with Gasteiger partial charge in [0.25, 0.3) is 0 Å². The van der Waals surface area contributed by atoms with Crippen LogP contribution in [-0.4, -0.2) is 16.9 Å². The van der Waals surface area contributed by atoms with E-state index >= 15 is 0 Å². The van der Waals surface area contributed by atoms with Crippen LogP contribution in [0.15, 0.2) is 42.5 Å². The minimum absolute atomic E-state index is 0.367. The van der Waals surface area contributed by atoms with Crippen LogP contribution in [0, 0.1) is 0 Å². The molecule has 1 aromatic carbocycles. The lowest BCUT2D eigenvalue weighted by atomic mass is 10.0. The van der Waals surface area contributed by atoms with Crippen molar-refractivity contribution in [2.75, 3.05) is 0 Å². The van der Waals surface area contributed by atoms with Gasteiger partial charge in [-0.05, 0) is 18.6 Å². The summed E-state index contributed by atoms with van der Waals surface area (Å²) in [5.41, 5.74) is 0.463. The zero-order valence-electron chi connectivity index (χ0n) is 8.93. The average molecular weight is 218 g/mol. The van der Waals surface area contributed by atoms with Crippen molar-refractivity contribution in [1.82, 2.24) is 0 Å². The molecule has 0 bridgehead atoms. The number of esters is 1. The number of ether oxygens (including phenoxy) is 1. The zero-order chi connectivity index (χ0) is 11.4. The Kier molecular flexibility index (Phi) is 3.06. The van der Waals surface area contributed by atoms with E-state index in [0.717, 1.165) is 6.42 Å². The molecule has 0 radical (unpaired) electrons. The summed E-state index contributed by atoms with van der Waals surface area (Å²) in [5, 5.41) is 10.0. The molecule has 1 N–H and O–H groups in total. The van der Waals surface area contributed by atoms with E-state index < -0.39 is 11.8 Å². The molecule has 1 unspecified atom stereocenters. The molecule has 1 aliphatic carbocycles. The summed E-state index contributed by atoms with van der Waals surface area (Å²) in [6.45, 7) is 0. The van der Waals surface area contributed by atoms with Gasteiger partial charge in [-0.1, -0.05) is 30.4 Å². The predicted octanol–water partition coefficient (Wildman–Crippen LogP) is 2.27. The molecule has 1 aliphatic rings. The molecule has 0 aromatic heterocycles. The van der Waals surface area contributed by atoms with Crippen molar-refractivity contribution < 1.29 is 14.6 Å². The van der Waals surface area contributed by atoms with Crippen molar-refractivity contribution >= 4 is 5.97 Å². The SMILES string of the molecule is O=C(OC1(O)CC=CCC1)c1ccccc1. The molecule has 0 saturated heterocycles. The molecule has 0 saturated carbocycles. The van der Waals surface area contributed by atoms with Crippen LogP contribution in [0.25, 0.3) is 0 Å². The molecule has 16 heavy (non-hydrogen) atoms. The molecular formula is C13H14O3. The topological polar surface area (TPSA) is 46.5 Å². The van der Waals surface area contributed by atoms with E-state index in [1.54, 1.807) is 24.3 Å². The maximum absolute atomic E-state index is 11.7. The van der Waals surface area contributed by atoms with Crippen molar-refractivity contribution in [1.29, 1.82) is 0 Å². The molecule has 2 rings (SSSR count). The maximum Gasteiger partial charge on any atom is 0.340 e. The first kappa shape index (κ1) is 10.9. The highest BCUT2D eigenvalue weighted by molar-refractivity contribution is 5.89. The third kappa shape index (κ3) is 2.49. The van der Waals surface area contributed by atoms with E-state index in [4.69, 9.17) is 4.74 Å². The second-order valence-corrected chi connectivity index (χ2v) is 3.92. The lowest BCUT2D eigenvalue weighted by Gasteiger charge is -2.28. The summed E-state index contributed by atoms with van der Waals surface area (Å²) in [6, 6.07) is 8.70. The number of carbonyl (C=O) groups excluding carboxylic acids is 1. The van der Waals surface area contributed by atoms with Crippen LogP contribution >= 0.6 is 0 Å². The molecule has 3 heteroatoms. The van der Waals surface area contributed by atoms with E-state index in [1.165, 1.54) is 0 Å². The quantitative estimate of drug-likeness (QED) is 0.470. The van der Waals surface area contributed by atoms with E-state index in [-0.39, 0.29) is 0 Å². The van der Waals surface area contributed by atoms with Gasteiger partial charge in [-0.3, -0.25) is 0 Å². The van der Waals surface area contributed by atoms with Gasteiger partial charge in [0, 0.05) is 12.8 Å². The summed E-state index contributed by atoms with van der Waals surface area (Å²) in [6.07, 6.45) is 5.37. The molecule has 1 aromatic rings. The Balaban J connectivity index is 2.05. The Hall–Kier alpha value is -1.61. The first-order chi connectivity index (χ1) is 7.70. The van der Waals surface area contributed by atoms with Crippen LogP contribution in [0.2, 0.25) is 0 Å². The summed E-state index contributed by atoms with van der Waals surface area (Å²) < 4.78 is 5.13. The largest absolute Gasteiger partial charge is 0.429 e. The standard InChI is InChI=1S/C13H14O3/c14-12(11-7-3-1-4-8-11)16-13(15)9-5-2-6-10-13/h1-5,7-8,15H,6,9-10H2. The molecule has 0 amide bonds. The Morgan fingerprint density at radius 2 is 2.00 bits per heavy atom. The van der Waals surface area contributed by atoms with E-state index in [1.807, 2.05) is 18.2 Å². The second kappa shape index (κ2) is 4.49. The van der Waals surface area contributed by atoms with Crippen molar-refractivity contribution in [3.63, 3.8) is 0 Å². The maximum atomic E-state index is 11.7. The van der Waals surface area contributed by atoms with Gasteiger partial charge in [0.15, 0.2) is 0 Å². The number of benzene rings is 1. The van der Waals surface area contributed by atoms with Crippen LogP contribution in [0.1, 0.15) is 29.6 Å². The van der Waals surface area contributed by atoms with Crippen molar-refractivity contribution in [2.24, 2.45) is 0 Å². The van der Waals surface area contributed by atoms with E-state index in [2.05, 4.69) is 0 Å². The van der Waals surface area contributed by atoms with Gasteiger partial charge in [-0.25, -0.2) is 4.79 Å². The van der Waals surface area contributed by atoms with Gasteiger partial charge in [0.1, 0.15) is 0 Å². The third-order valence-electron chi connectivity index (χ3n) is 2.60. The molecular weight excluding hydrogens is 204 g/mol. The fourth-order valence-corrected chi connectivity index (χ4v) is 1.69. The summed E-state index contributed by atoms with van der Waals surface area (Å²) in [4.78, 5) is 11.7. The summed E-state index contributed by atoms with van der Waals surface area (Å²) in [5.74, 6) is -1.81. The summed E-state index contributed by atoms with van der Waals surface area (Å²) in [7, 11) is 0. The molecule has 0 spiro atoms. The third-order valence-corrected chi connectivity index (χ3v) is 2.60. The normalized spacial score (nSPS) is 24.1. The van der Waals surface area contributed by atoms with Crippen molar-refractivity contribution in [3.05, 3.63) is 48.0 Å². The van der Waals surface area contributed by atoms with E-state index in [9.17, 15) is 9.90 Å². The van der Waals surface area contributed by atoms with Gasteiger partial charge < -0.3 is 9.84 Å². The van der Waals surface area contributed by atoms with E-state index in [0.29, 0.717) is 18.4 Å². The van der Waals surface area contributed by atoms with Crippen LogP contribution in [-0.2, 0) is 4.74 Å². The number of hydrogen-bond donors (Lipinski definition) is 1. The van der Waals surface area contributed by atoms with Gasteiger partial charge in [0.2, 0.25) is 5.79 Å². The molecule has 3 nitrogen and oxygen atoms in total. The lowest BCUT2D eigenvalue weighted by molar-refractivity contribution is -0.168. The Bertz CT molecular complexity index is 397. The minimum atomic E-state index is -1.33. The number of rotatable bonds is 2. The predicted molar refractivity (Wildman–Crippen MR) is 59.8 cm³/mol. The molecule has 0 aliphatic heterocycles. The Morgan fingerprint density at radius 1 is 1.25 bits per heavy atom. The summed E-state index contributed by atoms with van der Waals surface area (Å²) >= 11 is 0. The van der Waals surface area contributed by atoms with Gasteiger partial charge >= 0.3 is 5.97 Å². The highest BCUT2D eigenvalue weighted by atomic mass is 16.7. The number of aliphatic hydroxyl groups is 1. The molecule has 0 heterocycles. The van der Waals surface area contributed by atoms with Crippen molar-refractivity contribution in [3.8, 4) is 0 Å². The smallest absolute Gasteiger partial charge is 0.340 e. The number of allylic oxidation sites excluding steroid dienone is 1. The fraction of sp³-hybridized carbons (Fsp3) is 0.308. The van der Waals surface area contributed by atoms with Crippen molar-refractivity contribution in [2.45, 2.75) is 25.0 Å². The average Bonchev–Trinajstić information content (AvgIpc) is 2.30. The zero-order valence-corrected chi connectivity index (χ0v) is 8.93. The van der Waals surface area contributed by atoms with Crippen LogP contribution < -0.4 is 0 Å². The lowest BCUT2D eigenvalue weighted by Crippen LogP contribution is -2.35.